The van der Waals surface area contributed by atoms with Crippen molar-refractivity contribution in [3.8, 4) is 5.69 Å². The zero-order valence-electron chi connectivity index (χ0n) is 9.15. The highest BCUT2D eigenvalue weighted by atomic mass is 127. The van der Waals surface area contributed by atoms with E-state index in [-0.39, 0.29) is 0 Å². The van der Waals surface area contributed by atoms with Crippen LogP contribution in [0, 0.1) is 8.34 Å². The number of hydrogen-bond acceptors (Lipinski definition) is 1. The highest BCUT2D eigenvalue weighted by Gasteiger charge is 2.09. The Hall–Kier alpha value is -0.850. The van der Waals surface area contributed by atoms with Crippen LogP contribution in [0.1, 0.15) is 0 Å². The first-order valence-corrected chi connectivity index (χ1v) is 7.18. The largest absolute Gasteiger partial charge is 0.330 e. The maximum Gasteiger partial charge on any atom is 0.182 e. The monoisotopic (exact) mass is 386 g/mol. The van der Waals surface area contributed by atoms with Gasteiger partial charge in [-0.3, -0.25) is 4.57 Å². The molecular formula is C13H8ClIN2S. The Bertz CT molecular complexity index is 791. The molecule has 1 heterocycles. The molecular weight excluding hydrogens is 379 g/mol. The summed E-state index contributed by atoms with van der Waals surface area (Å²) < 4.78 is 3.79. The van der Waals surface area contributed by atoms with Crippen LogP contribution in [-0.2, 0) is 0 Å². The predicted molar refractivity (Wildman–Crippen MR) is 86.2 cm³/mol. The second-order valence-corrected chi connectivity index (χ2v) is 5.86. The van der Waals surface area contributed by atoms with E-state index in [2.05, 4.69) is 27.6 Å². The smallest absolute Gasteiger partial charge is 0.182 e. The van der Waals surface area contributed by atoms with Crippen LogP contribution >= 0.6 is 46.4 Å². The van der Waals surface area contributed by atoms with Gasteiger partial charge in [-0.25, -0.2) is 0 Å². The van der Waals surface area contributed by atoms with Gasteiger partial charge in [0.2, 0.25) is 0 Å². The molecule has 3 rings (SSSR count). The molecule has 0 fully saturated rings. The molecule has 2 aromatic carbocycles. The van der Waals surface area contributed by atoms with Gasteiger partial charge >= 0.3 is 0 Å². The molecule has 0 amide bonds. The van der Waals surface area contributed by atoms with Crippen LogP contribution in [0.25, 0.3) is 16.7 Å². The number of benzene rings is 2. The quantitative estimate of drug-likeness (QED) is 0.464. The zero-order chi connectivity index (χ0) is 12.7. The molecule has 0 radical (unpaired) electrons. The van der Waals surface area contributed by atoms with Crippen molar-refractivity contribution >= 4 is 57.4 Å². The Kier molecular flexibility index (Phi) is 3.17. The van der Waals surface area contributed by atoms with Crippen molar-refractivity contribution in [1.29, 1.82) is 0 Å². The molecule has 3 aromatic rings. The maximum absolute atomic E-state index is 5.99. The number of rotatable bonds is 1. The summed E-state index contributed by atoms with van der Waals surface area (Å²) in [6.45, 7) is 0. The van der Waals surface area contributed by atoms with Crippen LogP contribution in [0.15, 0.2) is 42.5 Å². The van der Waals surface area contributed by atoms with E-state index in [1.165, 1.54) is 0 Å². The van der Waals surface area contributed by atoms with Crippen molar-refractivity contribution in [1.82, 2.24) is 9.55 Å². The Morgan fingerprint density at radius 2 is 1.94 bits per heavy atom. The van der Waals surface area contributed by atoms with Gasteiger partial charge in [-0.05, 0) is 65.1 Å². The minimum atomic E-state index is 0.691. The molecule has 1 N–H and O–H groups in total. The van der Waals surface area contributed by atoms with Crippen LogP contribution < -0.4 is 0 Å². The number of H-pyrrole nitrogens is 1. The first-order valence-electron chi connectivity index (χ1n) is 5.32. The van der Waals surface area contributed by atoms with Gasteiger partial charge in [0, 0.05) is 8.59 Å². The van der Waals surface area contributed by atoms with Crippen molar-refractivity contribution in [2.24, 2.45) is 0 Å². The number of aromatic amines is 1. The number of hydrogen-bond donors (Lipinski definition) is 1. The van der Waals surface area contributed by atoms with Gasteiger partial charge < -0.3 is 4.98 Å². The first-order chi connectivity index (χ1) is 8.66. The summed E-state index contributed by atoms with van der Waals surface area (Å²) in [6.07, 6.45) is 0. The fourth-order valence-corrected chi connectivity index (χ4v) is 3.38. The molecule has 0 aliphatic heterocycles. The van der Waals surface area contributed by atoms with E-state index in [9.17, 15) is 0 Å². The molecule has 0 unspecified atom stereocenters. The number of nitrogens with one attached hydrogen (secondary N) is 1. The SMILES string of the molecule is S=c1[nH]c2ccccc2n1-c1ccc(Cl)cc1I. The molecule has 0 bridgehead atoms. The highest BCUT2D eigenvalue weighted by molar-refractivity contribution is 14.1. The molecule has 90 valence electrons. The number of imidazole rings is 1. The topological polar surface area (TPSA) is 20.7 Å². The number of para-hydroxylation sites is 2. The van der Waals surface area contributed by atoms with E-state index in [1.807, 2.05) is 47.0 Å². The maximum atomic E-state index is 5.99. The lowest BCUT2D eigenvalue weighted by atomic mass is 10.3. The second kappa shape index (κ2) is 4.68. The number of halogens is 2. The lowest BCUT2D eigenvalue weighted by molar-refractivity contribution is 1.06. The number of fused-ring (bicyclic) bond motifs is 1. The molecule has 18 heavy (non-hydrogen) atoms. The average Bonchev–Trinajstić information content (AvgIpc) is 2.66. The fourth-order valence-electron chi connectivity index (χ4n) is 1.96. The van der Waals surface area contributed by atoms with Crippen molar-refractivity contribution in [2.75, 3.05) is 0 Å². The number of nitrogens with zero attached hydrogens (tertiary/aromatic N) is 1. The molecule has 0 aliphatic carbocycles. The molecule has 0 saturated carbocycles. The molecule has 2 nitrogen and oxygen atoms in total. The van der Waals surface area contributed by atoms with Crippen molar-refractivity contribution in [2.45, 2.75) is 0 Å². The Morgan fingerprint density at radius 3 is 2.72 bits per heavy atom. The van der Waals surface area contributed by atoms with Gasteiger partial charge in [0.25, 0.3) is 0 Å². The Labute approximate surface area is 128 Å². The lowest BCUT2D eigenvalue weighted by Gasteiger charge is -2.07. The summed E-state index contributed by atoms with van der Waals surface area (Å²) in [7, 11) is 0. The summed E-state index contributed by atoms with van der Waals surface area (Å²) in [6, 6.07) is 13.9. The van der Waals surface area contributed by atoms with Gasteiger partial charge in [-0.2, -0.15) is 0 Å². The zero-order valence-corrected chi connectivity index (χ0v) is 12.9. The van der Waals surface area contributed by atoms with E-state index >= 15 is 0 Å². The molecule has 0 spiro atoms. The third-order valence-electron chi connectivity index (χ3n) is 2.74. The summed E-state index contributed by atoms with van der Waals surface area (Å²) >= 11 is 13.7. The van der Waals surface area contributed by atoms with Crippen LogP contribution in [0.2, 0.25) is 5.02 Å². The highest BCUT2D eigenvalue weighted by Crippen LogP contribution is 2.25. The number of aromatic nitrogens is 2. The summed E-state index contributed by atoms with van der Waals surface area (Å²) in [5.41, 5.74) is 3.15. The minimum Gasteiger partial charge on any atom is -0.330 e. The Balaban J connectivity index is 2.38. The second-order valence-electron chi connectivity index (χ2n) is 3.88. The molecule has 0 saturated heterocycles. The summed E-state index contributed by atoms with van der Waals surface area (Å²) in [5, 5.41) is 0.731. The van der Waals surface area contributed by atoms with Gasteiger partial charge in [-0.1, -0.05) is 23.7 Å². The standard InChI is InChI=1S/C13H8ClIN2S/c14-8-5-6-11(9(15)7-8)17-12-4-2-1-3-10(12)16-13(17)18/h1-7H,(H,16,18). The molecule has 0 atom stereocenters. The first kappa shape index (κ1) is 12.2. The minimum absolute atomic E-state index is 0.691. The summed E-state index contributed by atoms with van der Waals surface area (Å²) in [4.78, 5) is 3.21. The lowest BCUT2D eigenvalue weighted by Crippen LogP contribution is -1.96. The third-order valence-corrected chi connectivity index (χ3v) is 4.12. The Morgan fingerprint density at radius 1 is 1.17 bits per heavy atom. The van der Waals surface area contributed by atoms with Crippen molar-refractivity contribution in [3.63, 3.8) is 0 Å². The third kappa shape index (κ3) is 1.98. The van der Waals surface area contributed by atoms with Crippen molar-refractivity contribution in [3.05, 3.63) is 55.8 Å². The van der Waals surface area contributed by atoms with Gasteiger partial charge in [-0.15, -0.1) is 0 Å². The fraction of sp³-hybridized carbons (Fsp3) is 0. The van der Waals surface area contributed by atoms with E-state index in [4.69, 9.17) is 23.8 Å². The average molecular weight is 387 g/mol. The van der Waals surface area contributed by atoms with Crippen LogP contribution in [-0.4, -0.2) is 9.55 Å². The normalized spacial score (nSPS) is 11.0. The van der Waals surface area contributed by atoms with Gasteiger partial charge in [0.1, 0.15) is 0 Å². The molecule has 1 aromatic heterocycles. The van der Waals surface area contributed by atoms with Gasteiger partial charge in [0.05, 0.1) is 16.7 Å². The summed E-state index contributed by atoms with van der Waals surface area (Å²) in [5.74, 6) is 0. The van der Waals surface area contributed by atoms with Crippen molar-refractivity contribution < 1.29 is 0 Å². The predicted octanol–water partition coefficient (Wildman–Crippen LogP) is 4.95. The van der Waals surface area contributed by atoms with Gasteiger partial charge in [0.15, 0.2) is 4.77 Å². The van der Waals surface area contributed by atoms with Crippen LogP contribution in [0.5, 0.6) is 0 Å². The van der Waals surface area contributed by atoms with E-state index in [1.54, 1.807) is 0 Å². The van der Waals surface area contributed by atoms with Crippen LogP contribution in [0.3, 0.4) is 0 Å². The van der Waals surface area contributed by atoms with E-state index in [0.717, 1.165) is 25.3 Å². The van der Waals surface area contributed by atoms with E-state index in [0.29, 0.717) is 4.77 Å². The molecule has 0 aliphatic rings. The van der Waals surface area contributed by atoms with E-state index < -0.39 is 0 Å². The van der Waals surface area contributed by atoms with Crippen LogP contribution in [0.4, 0.5) is 0 Å². The molecule has 5 heteroatoms.